The Morgan fingerprint density at radius 3 is 2.38 bits per heavy atom. The number of amides is 1. The smallest absolute Gasteiger partial charge is 0.256 e. The van der Waals surface area contributed by atoms with Gasteiger partial charge in [0, 0.05) is 56.7 Å². The molecule has 0 bridgehead atoms. The number of carbonyl (C=O) groups is 1. The highest BCUT2D eigenvalue weighted by Gasteiger charge is 2.25. The normalized spacial score (nSPS) is 14.6. The molecule has 4 aromatic rings. The molecule has 0 atom stereocenters. The molecule has 1 fully saturated rings. The summed E-state index contributed by atoms with van der Waals surface area (Å²) in [7, 11) is 1.68. The maximum absolute atomic E-state index is 13.4. The maximum Gasteiger partial charge on any atom is 0.256 e. The number of aromatic nitrogens is 3. The van der Waals surface area contributed by atoms with Crippen LogP contribution < -0.4 is 4.74 Å². The van der Waals surface area contributed by atoms with Crippen molar-refractivity contribution in [2.75, 3.05) is 33.3 Å². The van der Waals surface area contributed by atoms with Gasteiger partial charge in [-0.1, -0.05) is 30.3 Å². The number of methoxy groups -OCH3 is 1. The van der Waals surface area contributed by atoms with Crippen LogP contribution in [0.2, 0.25) is 0 Å². The largest absolute Gasteiger partial charge is 0.497 e. The van der Waals surface area contributed by atoms with E-state index in [1.807, 2.05) is 52.1 Å². The molecule has 2 aromatic carbocycles. The Kier molecular flexibility index (Phi) is 5.56. The highest BCUT2D eigenvalue weighted by atomic mass is 16.5. The molecule has 32 heavy (non-hydrogen) atoms. The molecule has 0 saturated carbocycles. The van der Waals surface area contributed by atoms with Gasteiger partial charge < -0.3 is 9.64 Å². The highest BCUT2D eigenvalue weighted by molar-refractivity contribution is 6.07. The van der Waals surface area contributed by atoms with Crippen LogP contribution in [-0.4, -0.2) is 63.5 Å². The molecule has 1 aliphatic rings. The van der Waals surface area contributed by atoms with E-state index in [1.54, 1.807) is 25.6 Å². The van der Waals surface area contributed by atoms with Crippen molar-refractivity contribution in [2.45, 2.75) is 6.54 Å². The van der Waals surface area contributed by atoms with E-state index in [0.717, 1.165) is 36.3 Å². The first kappa shape index (κ1) is 20.2. The Morgan fingerprint density at radius 2 is 1.66 bits per heavy atom. The number of para-hydroxylation sites is 1. The Labute approximate surface area is 186 Å². The molecule has 3 heterocycles. The Hall–Kier alpha value is -3.71. The van der Waals surface area contributed by atoms with Crippen LogP contribution >= 0.6 is 0 Å². The summed E-state index contributed by atoms with van der Waals surface area (Å²) in [4.78, 5) is 26.5. The number of fused-ring (bicyclic) bond motifs is 1. The zero-order valence-electron chi connectivity index (χ0n) is 18.0. The summed E-state index contributed by atoms with van der Waals surface area (Å²) >= 11 is 0. The second kappa shape index (κ2) is 8.80. The van der Waals surface area contributed by atoms with Crippen molar-refractivity contribution in [3.63, 3.8) is 0 Å². The first-order valence-electron chi connectivity index (χ1n) is 10.7. The van der Waals surface area contributed by atoms with Crippen LogP contribution in [0.1, 0.15) is 15.9 Å². The standard InChI is InChI=1S/C25H25N5O2/c1-32-20-9-7-19(8-10-20)17-28-13-15-29(16-14-28)24(31)22-18-30(25-26-11-4-12-27-25)23-6-3-2-5-21(22)23/h2-12,18H,13-17H2,1H3. The monoisotopic (exact) mass is 427 g/mol. The Balaban J connectivity index is 1.31. The molecular weight excluding hydrogens is 402 g/mol. The van der Waals surface area contributed by atoms with Crippen LogP contribution in [0, 0.1) is 0 Å². The summed E-state index contributed by atoms with van der Waals surface area (Å²) in [5, 5.41) is 0.922. The van der Waals surface area contributed by atoms with Gasteiger partial charge in [-0.05, 0) is 29.8 Å². The van der Waals surface area contributed by atoms with Crippen molar-refractivity contribution < 1.29 is 9.53 Å². The lowest BCUT2D eigenvalue weighted by Crippen LogP contribution is -2.48. The molecule has 0 spiro atoms. The van der Waals surface area contributed by atoms with E-state index in [1.165, 1.54) is 5.56 Å². The molecule has 0 N–H and O–H groups in total. The number of ether oxygens (including phenoxy) is 1. The van der Waals surface area contributed by atoms with Crippen molar-refractivity contribution in [1.29, 1.82) is 0 Å². The van der Waals surface area contributed by atoms with E-state index in [4.69, 9.17) is 4.74 Å². The molecule has 2 aromatic heterocycles. The first-order valence-corrected chi connectivity index (χ1v) is 10.7. The van der Waals surface area contributed by atoms with E-state index < -0.39 is 0 Å². The van der Waals surface area contributed by atoms with E-state index in [-0.39, 0.29) is 5.91 Å². The number of nitrogens with zero attached hydrogens (tertiary/aromatic N) is 5. The SMILES string of the molecule is COc1ccc(CN2CCN(C(=O)c3cn(-c4ncccn4)c4ccccc34)CC2)cc1. The van der Waals surface area contributed by atoms with Crippen molar-refractivity contribution in [2.24, 2.45) is 0 Å². The summed E-state index contributed by atoms with van der Waals surface area (Å²) in [5.41, 5.74) is 2.87. The first-order chi connectivity index (χ1) is 15.7. The quantitative estimate of drug-likeness (QED) is 0.489. The van der Waals surface area contributed by atoms with Gasteiger partial charge in [0.15, 0.2) is 0 Å². The predicted octanol–water partition coefficient (Wildman–Crippen LogP) is 3.39. The number of rotatable bonds is 5. The summed E-state index contributed by atoms with van der Waals surface area (Å²) in [6, 6.07) is 17.9. The third kappa shape index (κ3) is 3.94. The minimum Gasteiger partial charge on any atom is -0.497 e. The van der Waals surface area contributed by atoms with Crippen LogP contribution in [0.15, 0.2) is 73.2 Å². The van der Waals surface area contributed by atoms with Gasteiger partial charge in [0.05, 0.1) is 18.2 Å². The molecule has 162 valence electrons. The van der Waals surface area contributed by atoms with Crippen LogP contribution in [0.25, 0.3) is 16.9 Å². The zero-order chi connectivity index (χ0) is 21.9. The molecule has 7 nitrogen and oxygen atoms in total. The number of hydrogen-bond donors (Lipinski definition) is 0. The lowest BCUT2D eigenvalue weighted by atomic mass is 10.1. The summed E-state index contributed by atoms with van der Waals surface area (Å²) in [6.07, 6.45) is 5.29. The van der Waals surface area contributed by atoms with Crippen LogP contribution in [-0.2, 0) is 6.54 Å². The molecule has 5 rings (SSSR count). The third-order valence-electron chi connectivity index (χ3n) is 5.93. The minimum atomic E-state index is 0.0555. The molecule has 0 radical (unpaired) electrons. The van der Waals surface area contributed by atoms with Gasteiger partial charge in [-0.25, -0.2) is 9.97 Å². The molecule has 1 aliphatic heterocycles. The lowest BCUT2D eigenvalue weighted by Gasteiger charge is -2.34. The van der Waals surface area contributed by atoms with Gasteiger partial charge >= 0.3 is 0 Å². The summed E-state index contributed by atoms with van der Waals surface area (Å²) < 4.78 is 7.13. The fraction of sp³-hybridized carbons (Fsp3) is 0.240. The summed E-state index contributed by atoms with van der Waals surface area (Å²) in [5.74, 6) is 1.48. The molecule has 0 aliphatic carbocycles. The topological polar surface area (TPSA) is 63.5 Å². The number of hydrogen-bond acceptors (Lipinski definition) is 5. The summed E-state index contributed by atoms with van der Waals surface area (Å²) in [6.45, 7) is 3.97. The lowest BCUT2D eigenvalue weighted by molar-refractivity contribution is 0.0630. The van der Waals surface area contributed by atoms with Gasteiger partial charge in [0.2, 0.25) is 5.95 Å². The van der Waals surface area contributed by atoms with Gasteiger partial charge in [-0.15, -0.1) is 0 Å². The van der Waals surface area contributed by atoms with Gasteiger partial charge in [0.25, 0.3) is 5.91 Å². The highest BCUT2D eigenvalue weighted by Crippen LogP contribution is 2.25. The number of carbonyl (C=O) groups excluding carboxylic acids is 1. The van der Waals surface area contributed by atoms with Crippen LogP contribution in [0.3, 0.4) is 0 Å². The van der Waals surface area contributed by atoms with E-state index in [0.29, 0.717) is 24.6 Å². The fourth-order valence-corrected chi connectivity index (χ4v) is 4.20. The van der Waals surface area contributed by atoms with Crippen molar-refractivity contribution >= 4 is 16.8 Å². The molecular formula is C25H25N5O2. The van der Waals surface area contributed by atoms with Crippen LogP contribution in [0.4, 0.5) is 0 Å². The van der Waals surface area contributed by atoms with E-state index in [2.05, 4.69) is 27.0 Å². The average molecular weight is 428 g/mol. The fourth-order valence-electron chi connectivity index (χ4n) is 4.20. The number of benzene rings is 2. The second-order valence-electron chi connectivity index (χ2n) is 7.90. The van der Waals surface area contributed by atoms with Gasteiger partial charge in [0.1, 0.15) is 5.75 Å². The van der Waals surface area contributed by atoms with Crippen molar-refractivity contribution in [3.05, 3.63) is 84.3 Å². The maximum atomic E-state index is 13.4. The van der Waals surface area contributed by atoms with Gasteiger partial charge in [-0.2, -0.15) is 0 Å². The molecule has 7 heteroatoms. The van der Waals surface area contributed by atoms with Crippen molar-refractivity contribution in [3.8, 4) is 11.7 Å². The van der Waals surface area contributed by atoms with Crippen molar-refractivity contribution in [1.82, 2.24) is 24.3 Å². The van der Waals surface area contributed by atoms with E-state index >= 15 is 0 Å². The zero-order valence-corrected chi connectivity index (χ0v) is 18.0. The van der Waals surface area contributed by atoms with Crippen LogP contribution in [0.5, 0.6) is 5.75 Å². The minimum absolute atomic E-state index is 0.0555. The van der Waals surface area contributed by atoms with Gasteiger partial charge in [-0.3, -0.25) is 14.3 Å². The third-order valence-corrected chi connectivity index (χ3v) is 5.93. The van der Waals surface area contributed by atoms with E-state index in [9.17, 15) is 4.79 Å². The second-order valence-corrected chi connectivity index (χ2v) is 7.90. The number of piperazine rings is 1. The molecule has 0 unspecified atom stereocenters. The predicted molar refractivity (Wildman–Crippen MR) is 123 cm³/mol. The Bertz CT molecular complexity index is 1210. The molecule has 1 amide bonds. The average Bonchev–Trinajstić information content (AvgIpc) is 3.25. The molecule has 1 saturated heterocycles. The Morgan fingerprint density at radius 1 is 0.938 bits per heavy atom.